The molecule has 1 fully saturated rings. The zero-order valence-electron chi connectivity index (χ0n) is 10.2. The Kier molecular flexibility index (Phi) is 5.23. The van der Waals surface area contributed by atoms with Gasteiger partial charge in [0.25, 0.3) is 0 Å². The van der Waals surface area contributed by atoms with Gasteiger partial charge in [-0.15, -0.1) is 12.3 Å². The van der Waals surface area contributed by atoms with Crippen molar-refractivity contribution >= 4 is 0 Å². The lowest BCUT2D eigenvalue weighted by molar-refractivity contribution is -0.243. The van der Waals surface area contributed by atoms with Crippen LogP contribution in [0.1, 0.15) is 19.8 Å². The van der Waals surface area contributed by atoms with E-state index in [-0.39, 0.29) is 12.1 Å². The Bertz CT molecular complexity index is 251. The summed E-state index contributed by atoms with van der Waals surface area (Å²) in [6.07, 6.45) is 5.64. The van der Waals surface area contributed by atoms with Crippen LogP contribution in [0.2, 0.25) is 0 Å². The number of rotatable bonds is 4. The second-order valence-electron chi connectivity index (χ2n) is 4.28. The number of likely N-dealkylation sites (N-methyl/N-ethyl adjacent to an activating group) is 1. The average Bonchev–Trinajstić information content (AvgIpc) is 2.28. The predicted octanol–water partition coefficient (Wildman–Crippen LogP) is 0.452. The summed E-state index contributed by atoms with van der Waals surface area (Å²) in [4.78, 5) is 2.08. The highest BCUT2D eigenvalue weighted by Crippen LogP contribution is 2.24. The third kappa shape index (κ3) is 3.19. The van der Waals surface area contributed by atoms with Crippen molar-refractivity contribution in [3.63, 3.8) is 0 Å². The van der Waals surface area contributed by atoms with E-state index >= 15 is 0 Å². The molecule has 0 amide bonds. The van der Waals surface area contributed by atoms with E-state index in [1.807, 2.05) is 14.0 Å². The Morgan fingerprint density at radius 3 is 2.88 bits per heavy atom. The average molecular weight is 227 g/mol. The maximum absolute atomic E-state index is 10.1. The quantitative estimate of drug-likeness (QED) is 0.708. The highest BCUT2D eigenvalue weighted by Gasteiger charge is 2.37. The number of hydrogen-bond donors (Lipinski definition) is 1. The molecule has 0 saturated carbocycles. The van der Waals surface area contributed by atoms with Gasteiger partial charge in [0, 0.05) is 26.1 Å². The van der Waals surface area contributed by atoms with Gasteiger partial charge in [-0.25, -0.2) is 0 Å². The topological polar surface area (TPSA) is 41.9 Å². The highest BCUT2D eigenvalue weighted by atomic mass is 16.7. The van der Waals surface area contributed by atoms with Crippen LogP contribution < -0.4 is 0 Å². The number of terminal acetylenes is 1. The van der Waals surface area contributed by atoms with Gasteiger partial charge in [-0.05, 0) is 20.4 Å². The molecule has 1 aliphatic heterocycles. The molecule has 1 rings (SSSR count). The molecular weight excluding hydrogens is 206 g/mol. The summed E-state index contributed by atoms with van der Waals surface area (Å²) in [6.45, 7) is 2.77. The minimum atomic E-state index is -0.621. The normalized spacial score (nSPS) is 35.0. The Morgan fingerprint density at radius 2 is 2.31 bits per heavy atom. The summed E-state index contributed by atoms with van der Waals surface area (Å²) in [7, 11) is 3.51. The Morgan fingerprint density at radius 1 is 1.62 bits per heavy atom. The lowest BCUT2D eigenvalue weighted by Gasteiger charge is -2.41. The van der Waals surface area contributed by atoms with E-state index in [4.69, 9.17) is 15.9 Å². The molecule has 0 radical (unpaired) electrons. The number of aliphatic hydroxyl groups is 1. The fraction of sp³-hybridized carbons (Fsp3) is 0.833. The van der Waals surface area contributed by atoms with Crippen LogP contribution in [0.15, 0.2) is 0 Å². The fourth-order valence-electron chi connectivity index (χ4n) is 2.07. The van der Waals surface area contributed by atoms with Crippen molar-refractivity contribution in [2.24, 2.45) is 0 Å². The van der Waals surface area contributed by atoms with Gasteiger partial charge in [0.1, 0.15) is 6.10 Å². The fourth-order valence-corrected chi connectivity index (χ4v) is 2.07. The van der Waals surface area contributed by atoms with Crippen molar-refractivity contribution in [3.8, 4) is 12.3 Å². The van der Waals surface area contributed by atoms with E-state index in [9.17, 15) is 5.11 Å². The third-order valence-electron chi connectivity index (χ3n) is 3.02. The zero-order valence-corrected chi connectivity index (χ0v) is 10.2. The molecule has 4 atom stereocenters. The molecule has 0 aromatic heterocycles. The van der Waals surface area contributed by atoms with Gasteiger partial charge in [0.2, 0.25) is 0 Å². The standard InChI is InChI=1S/C12H21NO3/c1-5-6-7-13(3)10-8-9(2)16-12(15-4)11(10)14/h1,9-12,14H,6-8H2,2-4H3/t9-,10+,11-,12-/m1/s1. The largest absolute Gasteiger partial charge is 0.386 e. The van der Waals surface area contributed by atoms with Crippen molar-refractivity contribution in [3.05, 3.63) is 0 Å². The summed E-state index contributed by atoms with van der Waals surface area (Å²) in [5, 5.41) is 10.1. The van der Waals surface area contributed by atoms with Crippen LogP contribution in [0, 0.1) is 12.3 Å². The lowest BCUT2D eigenvalue weighted by atomic mass is 9.99. The first-order chi connectivity index (χ1) is 7.60. The molecule has 1 N–H and O–H groups in total. The van der Waals surface area contributed by atoms with Crippen LogP contribution in [0.3, 0.4) is 0 Å². The molecule has 1 saturated heterocycles. The molecule has 0 unspecified atom stereocenters. The molecule has 92 valence electrons. The van der Waals surface area contributed by atoms with Crippen molar-refractivity contribution in [1.82, 2.24) is 4.90 Å². The van der Waals surface area contributed by atoms with Crippen molar-refractivity contribution in [2.75, 3.05) is 20.7 Å². The van der Waals surface area contributed by atoms with E-state index in [0.717, 1.165) is 13.0 Å². The molecule has 0 aliphatic carbocycles. The number of nitrogens with zero attached hydrogens (tertiary/aromatic N) is 1. The predicted molar refractivity (Wildman–Crippen MR) is 61.8 cm³/mol. The van der Waals surface area contributed by atoms with E-state index in [1.54, 1.807) is 7.11 Å². The van der Waals surface area contributed by atoms with E-state index < -0.39 is 12.4 Å². The summed E-state index contributed by atoms with van der Waals surface area (Å²) >= 11 is 0. The summed E-state index contributed by atoms with van der Waals surface area (Å²) in [5.41, 5.74) is 0. The van der Waals surface area contributed by atoms with E-state index in [2.05, 4.69) is 10.8 Å². The third-order valence-corrected chi connectivity index (χ3v) is 3.02. The monoisotopic (exact) mass is 227 g/mol. The number of methoxy groups -OCH3 is 1. The number of aliphatic hydroxyl groups excluding tert-OH is 1. The van der Waals surface area contributed by atoms with E-state index in [0.29, 0.717) is 6.42 Å². The van der Waals surface area contributed by atoms with Gasteiger partial charge in [-0.2, -0.15) is 0 Å². The summed E-state index contributed by atoms with van der Waals surface area (Å²) in [5.74, 6) is 2.60. The van der Waals surface area contributed by atoms with E-state index in [1.165, 1.54) is 0 Å². The summed E-state index contributed by atoms with van der Waals surface area (Å²) < 4.78 is 10.6. The second-order valence-corrected chi connectivity index (χ2v) is 4.28. The molecule has 1 aliphatic rings. The maximum Gasteiger partial charge on any atom is 0.184 e. The zero-order chi connectivity index (χ0) is 12.1. The van der Waals surface area contributed by atoms with Crippen LogP contribution in [0.4, 0.5) is 0 Å². The molecule has 0 bridgehead atoms. The summed E-state index contributed by atoms with van der Waals surface area (Å²) in [6, 6.07) is 0.0436. The van der Waals surface area contributed by atoms with Crippen LogP contribution in [0.25, 0.3) is 0 Å². The Labute approximate surface area is 97.5 Å². The number of hydrogen-bond acceptors (Lipinski definition) is 4. The molecule has 0 aromatic carbocycles. The van der Waals surface area contributed by atoms with Gasteiger partial charge in [0.05, 0.1) is 6.10 Å². The molecule has 4 nitrogen and oxygen atoms in total. The SMILES string of the molecule is C#CCCN(C)[C@H]1C[C@@H](C)O[C@@H](OC)[C@@H]1O. The molecule has 1 heterocycles. The molecule has 16 heavy (non-hydrogen) atoms. The van der Waals surface area contributed by atoms with Gasteiger partial charge in [0.15, 0.2) is 6.29 Å². The maximum atomic E-state index is 10.1. The van der Waals surface area contributed by atoms with Gasteiger partial charge >= 0.3 is 0 Å². The minimum absolute atomic E-state index is 0.0436. The van der Waals surface area contributed by atoms with Crippen LogP contribution in [0.5, 0.6) is 0 Å². The molecule has 0 spiro atoms. The first kappa shape index (κ1) is 13.5. The van der Waals surface area contributed by atoms with Crippen LogP contribution in [-0.4, -0.2) is 55.2 Å². The van der Waals surface area contributed by atoms with Gasteiger partial charge < -0.3 is 14.6 Å². The second kappa shape index (κ2) is 6.21. The molecular formula is C12H21NO3. The molecule has 4 heteroatoms. The van der Waals surface area contributed by atoms with Crippen molar-refractivity contribution in [2.45, 2.75) is 44.3 Å². The van der Waals surface area contributed by atoms with Crippen molar-refractivity contribution < 1.29 is 14.6 Å². The minimum Gasteiger partial charge on any atom is -0.386 e. The van der Waals surface area contributed by atoms with Gasteiger partial charge in [-0.3, -0.25) is 4.90 Å². The van der Waals surface area contributed by atoms with Crippen LogP contribution in [-0.2, 0) is 9.47 Å². The Hall–Kier alpha value is -0.600. The Balaban J connectivity index is 2.59. The first-order valence-electron chi connectivity index (χ1n) is 5.60. The smallest absolute Gasteiger partial charge is 0.184 e. The number of ether oxygens (including phenoxy) is 2. The van der Waals surface area contributed by atoms with Gasteiger partial charge in [-0.1, -0.05) is 0 Å². The molecule has 0 aromatic rings. The van der Waals surface area contributed by atoms with Crippen molar-refractivity contribution in [1.29, 1.82) is 0 Å². The first-order valence-corrected chi connectivity index (χ1v) is 5.60. The highest BCUT2D eigenvalue weighted by molar-refractivity contribution is 4.89. The lowest BCUT2D eigenvalue weighted by Crippen LogP contribution is -2.54. The van der Waals surface area contributed by atoms with Crippen LogP contribution >= 0.6 is 0 Å².